The quantitative estimate of drug-likeness (QED) is 0.714. The lowest BCUT2D eigenvalue weighted by Gasteiger charge is -2.32. The Morgan fingerprint density at radius 1 is 1.27 bits per heavy atom. The highest BCUT2D eigenvalue weighted by Gasteiger charge is 2.12. The first-order chi connectivity index (χ1) is 7.10. The van der Waals surface area contributed by atoms with Crippen molar-refractivity contribution in [2.75, 3.05) is 39.8 Å². The van der Waals surface area contributed by atoms with Gasteiger partial charge in [0.25, 0.3) is 6.47 Å². The lowest BCUT2D eigenvalue weighted by Crippen LogP contribution is -2.44. The fourth-order valence-electron chi connectivity index (χ4n) is 1.51. The Morgan fingerprint density at radius 3 is 2.13 bits per heavy atom. The molecule has 0 radical (unpaired) electrons. The molecule has 0 bridgehead atoms. The van der Waals surface area contributed by atoms with Crippen molar-refractivity contribution >= 4 is 6.47 Å². The SMILES string of the molecule is CC(C)CCN1CCN(C)CC1.O=CO. The van der Waals surface area contributed by atoms with E-state index in [4.69, 9.17) is 9.90 Å². The van der Waals surface area contributed by atoms with Gasteiger partial charge in [-0.25, -0.2) is 0 Å². The summed E-state index contributed by atoms with van der Waals surface area (Å²) in [5.74, 6) is 0.852. The summed E-state index contributed by atoms with van der Waals surface area (Å²) in [4.78, 5) is 13.4. The molecule has 4 nitrogen and oxygen atoms in total. The second kappa shape index (κ2) is 8.68. The number of piperazine rings is 1. The minimum atomic E-state index is -0.250. The number of nitrogens with zero attached hydrogens (tertiary/aromatic N) is 2. The van der Waals surface area contributed by atoms with Gasteiger partial charge in [0.15, 0.2) is 0 Å². The molecule has 0 spiro atoms. The summed E-state index contributed by atoms with van der Waals surface area (Å²) >= 11 is 0. The molecule has 0 aromatic carbocycles. The van der Waals surface area contributed by atoms with Crippen molar-refractivity contribution in [2.45, 2.75) is 20.3 Å². The number of hydrogen-bond acceptors (Lipinski definition) is 3. The van der Waals surface area contributed by atoms with Crippen LogP contribution in [0.2, 0.25) is 0 Å². The highest BCUT2D eigenvalue weighted by Crippen LogP contribution is 2.04. The van der Waals surface area contributed by atoms with Crippen LogP contribution in [0.15, 0.2) is 0 Å². The highest BCUT2D eigenvalue weighted by atomic mass is 16.3. The molecule has 1 fully saturated rings. The van der Waals surface area contributed by atoms with Gasteiger partial charge < -0.3 is 14.9 Å². The molecule has 1 aliphatic rings. The lowest BCUT2D eigenvalue weighted by atomic mass is 10.1. The number of rotatable bonds is 3. The van der Waals surface area contributed by atoms with Crippen LogP contribution in [0.4, 0.5) is 0 Å². The van der Waals surface area contributed by atoms with E-state index in [1.165, 1.54) is 39.1 Å². The van der Waals surface area contributed by atoms with Crippen molar-refractivity contribution in [3.8, 4) is 0 Å². The van der Waals surface area contributed by atoms with Gasteiger partial charge in [-0.2, -0.15) is 0 Å². The predicted molar refractivity (Wildman–Crippen MR) is 62.1 cm³/mol. The van der Waals surface area contributed by atoms with Crippen LogP contribution in [0.25, 0.3) is 0 Å². The maximum absolute atomic E-state index is 8.36. The number of likely N-dealkylation sites (N-methyl/N-ethyl adjacent to an activating group) is 1. The molecule has 0 atom stereocenters. The maximum Gasteiger partial charge on any atom is 0.290 e. The number of carboxylic acid groups (broad SMARTS) is 1. The van der Waals surface area contributed by atoms with Crippen LogP contribution in [-0.4, -0.2) is 61.2 Å². The Balaban J connectivity index is 0.000000583. The summed E-state index contributed by atoms with van der Waals surface area (Å²) in [5, 5.41) is 6.89. The summed E-state index contributed by atoms with van der Waals surface area (Å²) in [6.07, 6.45) is 1.35. The maximum atomic E-state index is 8.36. The summed E-state index contributed by atoms with van der Waals surface area (Å²) in [6.45, 7) is 10.7. The molecule has 1 rings (SSSR count). The van der Waals surface area contributed by atoms with Gasteiger partial charge in [0, 0.05) is 26.2 Å². The first kappa shape index (κ1) is 14.4. The molecule has 0 unspecified atom stereocenters. The van der Waals surface area contributed by atoms with Crippen molar-refractivity contribution in [3.63, 3.8) is 0 Å². The standard InChI is InChI=1S/C10H22N2.CH2O2/c1-10(2)4-5-12-8-6-11(3)7-9-12;2-1-3/h10H,4-9H2,1-3H3;1H,(H,2,3). The number of hydrogen-bond donors (Lipinski definition) is 1. The second-order valence-electron chi connectivity index (χ2n) is 4.43. The molecule has 1 heterocycles. The van der Waals surface area contributed by atoms with Crippen molar-refractivity contribution < 1.29 is 9.90 Å². The van der Waals surface area contributed by atoms with Gasteiger partial charge in [-0.3, -0.25) is 4.79 Å². The predicted octanol–water partition coefficient (Wildman–Crippen LogP) is 0.981. The zero-order chi connectivity index (χ0) is 11.7. The smallest absolute Gasteiger partial charge is 0.290 e. The molecule has 90 valence electrons. The average Bonchev–Trinajstić information content (AvgIpc) is 2.18. The third-order valence-electron chi connectivity index (χ3n) is 2.62. The van der Waals surface area contributed by atoms with Gasteiger partial charge in [-0.05, 0) is 25.9 Å². The van der Waals surface area contributed by atoms with Crippen LogP contribution in [0.3, 0.4) is 0 Å². The topological polar surface area (TPSA) is 43.8 Å². The second-order valence-corrected chi connectivity index (χ2v) is 4.43. The molecule has 0 aromatic heterocycles. The van der Waals surface area contributed by atoms with E-state index in [1.807, 2.05) is 0 Å². The Hall–Kier alpha value is -0.610. The van der Waals surface area contributed by atoms with Gasteiger partial charge in [-0.15, -0.1) is 0 Å². The Labute approximate surface area is 92.9 Å². The molecule has 1 aliphatic heterocycles. The summed E-state index contributed by atoms with van der Waals surface area (Å²) in [7, 11) is 2.21. The fraction of sp³-hybridized carbons (Fsp3) is 0.909. The molecule has 15 heavy (non-hydrogen) atoms. The highest BCUT2D eigenvalue weighted by molar-refractivity contribution is 5.32. The summed E-state index contributed by atoms with van der Waals surface area (Å²) < 4.78 is 0. The van der Waals surface area contributed by atoms with Crippen LogP contribution >= 0.6 is 0 Å². The molecule has 0 aliphatic carbocycles. The molecular formula is C11H24N2O2. The van der Waals surface area contributed by atoms with Crippen LogP contribution in [0.1, 0.15) is 20.3 Å². The van der Waals surface area contributed by atoms with E-state index < -0.39 is 0 Å². The van der Waals surface area contributed by atoms with Crippen LogP contribution < -0.4 is 0 Å². The van der Waals surface area contributed by atoms with Gasteiger partial charge in [0.2, 0.25) is 0 Å². The molecule has 0 aromatic rings. The van der Waals surface area contributed by atoms with Crippen molar-refractivity contribution in [1.29, 1.82) is 0 Å². The molecule has 1 saturated heterocycles. The largest absolute Gasteiger partial charge is 0.483 e. The van der Waals surface area contributed by atoms with Gasteiger partial charge in [0.1, 0.15) is 0 Å². The van der Waals surface area contributed by atoms with Gasteiger partial charge in [0.05, 0.1) is 0 Å². The van der Waals surface area contributed by atoms with Crippen molar-refractivity contribution in [1.82, 2.24) is 9.80 Å². The lowest BCUT2D eigenvalue weighted by molar-refractivity contribution is -0.122. The van der Waals surface area contributed by atoms with E-state index in [1.54, 1.807) is 0 Å². The van der Waals surface area contributed by atoms with Gasteiger partial charge >= 0.3 is 0 Å². The average molecular weight is 216 g/mol. The Bertz CT molecular complexity index is 155. The van der Waals surface area contributed by atoms with E-state index >= 15 is 0 Å². The Morgan fingerprint density at radius 2 is 1.73 bits per heavy atom. The molecular weight excluding hydrogens is 192 g/mol. The van der Waals surface area contributed by atoms with Crippen molar-refractivity contribution in [2.24, 2.45) is 5.92 Å². The molecule has 0 saturated carbocycles. The van der Waals surface area contributed by atoms with E-state index in [2.05, 4.69) is 30.7 Å². The monoisotopic (exact) mass is 216 g/mol. The fourth-order valence-corrected chi connectivity index (χ4v) is 1.51. The summed E-state index contributed by atoms with van der Waals surface area (Å²) in [5.41, 5.74) is 0. The van der Waals surface area contributed by atoms with E-state index in [-0.39, 0.29) is 6.47 Å². The number of carbonyl (C=O) groups is 1. The molecule has 1 N–H and O–H groups in total. The van der Waals surface area contributed by atoms with Gasteiger partial charge in [-0.1, -0.05) is 13.8 Å². The van der Waals surface area contributed by atoms with Crippen LogP contribution in [-0.2, 0) is 4.79 Å². The molecule has 0 amide bonds. The minimum Gasteiger partial charge on any atom is -0.483 e. The first-order valence-corrected chi connectivity index (χ1v) is 5.59. The minimum absolute atomic E-state index is 0.250. The van der Waals surface area contributed by atoms with E-state index in [0.717, 1.165) is 5.92 Å². The zero-order valence-corrected chi connectivity index (χ0v) is 10.1. The molecule has 4 heteroatoms. The third-order valence-corrected chi connectivity index (χ3v) is 2.62. The Kier molecular flexibility index (Phi) is 8.33. The first-order valence-electron chi connectivity index (χ1n) is 5.59. The van der Waals surface area contributed by atoms with E-state index in [0.29, 0.717) is 0 Å². The van der Waals surface area contributed by atoms with Crippen LogP contribution in [0, 0.1) is 5.92 Å². The van der Waals surface area contributed by atoms with Crippen LogP contribution in [0.5, 0.6) is 0 Å². The third kappa shape index (κ3) is 8.39. The zero-order valence-electron chi connectivity index (χ0n) is 10.1. The van der Waals surface area contributed by atoms with Crippen molar-refractivity contribution in [3.05, 3.63) is 0 Å². The normalized spacial score (nSPS) is 18.4. The van der Waals surface area contributed by atoms with E-state index in [9.17, 15) is 0 Å². The summed E-state index contributed by atoms with van der Waals surface area (Å²) in [6, 6.07) is 0.